The third-order valence-electron chi connectivity index (χ3n) is 2.63. The predicted octanol–water partition coefficient (Wildman–Crippen LogP) is 2.58. The summed E-state index contributed by atoms with van der Waals surface area (Å²) in [6.45, 7) is 5.49. The Morgan fingerprint density at radius 2 is 1.67 bits per heavy atom. The predicted molar refractivity (Wildman–Crippen MR) is 60.4 cm³/mol. The number of carbonyl (C=O) groups excluding carboxylic acids is 1. The normalized spacial score (nSPS) is 15.0. The standard InChI is InChI=1S/C13H18O2/c1-9(2)12(14)10(3)13(15)11-7-5-4-6-8-11/h4-10,13,15H,1-3H3/t10-,13-/m0/s1. The second-order valence-electron chi connectivity index (χ2n) is 4.20. The van der Waals surface area contributed by atoms with Gasteiger partial charge in [0, 0.05) is 11.8 Å². The number of carbonyl (C=O) groups is 1. The third kappa shape index (κ3) is 2.90. The second kappa shape index (κ2) is 5.08. The molecule has 2 nitrogen and oxygen atoms in total. The Labute approximate surface area is 90.9 Å². The zero-order chi connectivity index (χ0) is 11.4. The fourth-order valence-electron chi connectivity index (χ4n) is 1.62. The molecule has 1 aromatic rings. The minimum Gasteiger partial charge on any atom is -0.388 e. The van der Waals surface area contributed by atoms with E-state index in [2.05, 4.69) is 0 Å². The molecule has 0 aliphatic heterocycles. The summed E-state index contributed by atoms with van der Waals surface area (Å²) in [5.41, 5.74) is 0.805. The van der Waals surface area contributed by atoms with Crippen molar-refractivity contribution in [2.75, 3.05) is 0 Å². The van der Waals surface area contributed by atoms with Gasteiger partial charge in [0.05, 0.1) is 6.10 Å². The Kier molecular flexibility index (Phi) is 4.04. The van der Waals surface area contributed by atoms with Crippen LogP contribution in [0, 0.1) is 11.8 Å². The zero-order valence-electron chi connectivity index (χ0n) is 9.47. The van der Waals surface area contributed by atoms with Crippen LogP contribution in [0.2, 0.25) is 0 Å². The van der Waals surface area contributed by atoms with Gasteiger partial charge in [-0.15, -0.1) is 0 Å². The van der Waals surface area contributed by atoms with Gasteiger partial charge in [0.15, 0.2) is 0 Å². The van der Waals surface area contributed by atoms with Crippen molar-refractivity contribution in [1.29, 1.82) is 0 Å². The first-order valence-corrected chi connectivity index (χ1v) is 5.30. The summed E-state index contributed by atoms with van der Waals surface area (Å²) in [6.07, 6.45) is -0.693. The molecule has 15 heavy (non-hydrogen) atoms. The first-order valence-electron chi connectivity index (χ1n) is 5.30. The van der Waals surface area contributed by atoms with Crippen LogP contribution < -0.4 is 0 Å². The molecule has 0 saturated heterocycles. The van der Waals surface area contributed by atoms with Crippen LogP contribution in [0.4, 0.5) is 0 Å². The quantitative estimate of drug-likeness (QED) is 0.822. The molecule has 0 spiro atoms. The fraction of sp³-hybridized carbons (Fsp3) is 0.462. The molecule has 0 heterocycles. The van der Waals surface area contributed by atoms with Crippen LogP contribution >= 0.6 is 0 Å². The lowest BCUT2D eigenvalue weighted by Crippen LogP contribution is -2.23. The van der Waals surface area contributed by atoms with E-state index in [4.69, 9.17) is 0 Å². The molecule has 0 amide bonds. The van der Waals surface area contributed by atoms with E-state index in [1.54, 1.807) is 6.92 Å². The molecule has 0 aliphatic rings. The number of aliphatic hydroxyl groups is 1. The minimum atomic E-state index is -0.693. The summed E-state index contributed by atoms with van der Waals surface area (Å²) >= 11 is 0. The highest BCUT2D eigenvalue weighted by molar-refractivity contribution is 5.83. The smallest absolute Gasteiger partial charge is 0.141 e. The SMILES string of the molecule is CC(C)C(=O)[C@H](C)[C@H](O)c1ccccc1. The van der Waals surface area contributed by atoms with Crippen molar-refractivity contribution in [3.8, 4) is 0 Å². The van der Waals surface area contributed by atoms with Gasteiger partial charge in [0.1, 0.15) is 5.78 Å². The van der Waals surface area contributed by atoms with Crippen LogP contribution in [-0.4, -0.2) is 10.9 Å². The van der Waals surface area contributed by atoms with E-state index in [-0.39, 0.29) is 17.6 Å². The van der Waals surface area contributed by atoms with E-state index < -0.39 is 6.10 Å². The van der Waals surface area contributed by atoms with Crippen molar-refractivity contribution >= 4 is 5.78 Å². The van der Waals surface area contributed by atoms with Crippen molar-refractivity contribution in [2.45, 2.75) is 26.9 Å². The van der Waals surface area contributed by atoms with Gasteiger partial charge < -0.3 is 5.11 Å². The lowest BCUT2D eigenvalue weighted by molar-refractivity contribution is -0.128. The Morgan fingerprint density at radius 3 is 2.13 bits per heavy atom. The van der Waals surface area contributed by atoms with Gasteiger partial charge in [-0.3, -0.25) is 4.79 Å². The summed E-state index contributed by atoms with van der Waals surface area (Å²) in [5, 5.41) is 9.99. The molecule has 1 N–H and O–H groups in total. The molecule has 1 aromatic carbocycles. The molecule has 0 fully saturated rings. The lowest BCUT2D eigenvalue weighted by atomic mass is 9.89. The summed E-state index contributed by atoms with van der Waals surface area (Å²) in [5.74, 6) is -0.267. The molecule has 1 rings (SSSR count). The van der Waals surface area contributed by atoms with E-state index in [9.17, 15) is 9.90 Å². The van der Waals surface area contributed by atoms with Gasteiger partial charge >= 0.3 is 0 Å². The van der Waals surface area contributed by atoms with Crippen molar-refractivity contribution in [1.82, 2.24) is 0 Å². The number of hydrogen-bond donors (Lipinski definition) is 1. The molecule has 0 bridgehead atoms. The third-order valence-corrected chi connectivity index (χ3v) is 2.63. The molecule has 2 heteroatoms. The van der Waals surface area contributed by atoms with Crippen molar-refractivity contribution in [2.24, 2.45) is 11.8 Å². The Hall–Kier alpha value is -1.15. The van der Waals surface area contributed by atoms with E-state index in [1.165, 1.54) is 0 Å². The zero-order valence-corrected chi connectivity index (χ0v) is 9.47. The van der Waals surface area contributed by atoms with E-state index >= 15 is 0 Å². The van der Waals surface area contributed by atoms with E-state index in [0.29, 0.717) is 0 Å². The lowest BCUT2D eigenvalue weighted by Gasteiger charge is -2.19. The van der Waals surface area contributed by atoms with Crippen molar-refractivity contribution in [3.05, 3.63) is 35.9 Å². The van der Waals surface area contributed by atoms with Crippen LogP contribution in [0.3, 0.4) is 0 Å². The highest BCUT2D eigenvalue weighted by atomic mass is 16.3. The number of hydrogen-bond acceptors (Lipinski definition) is 2. The van der Waals surface area contributed by atoms with Gasteiger partial charge in [-0.25, -0.2) is 0 Å². The average Bonchev–Trinajstić information content (AvgIpc) is 2.27. The van der Waals surface area contributed by atoms with Crippen LogP contribution in [0.15, 0.2) is 30.3 Å². The molecular weight excluding hydrogens is 188 g/mol. The molecule has 0 radical (unpaired) electrons. The summed E-state index contributed by atoms with van der Waals surface area (Å²) < 4.78 is 0. The Bertz CT molecular complexity index is 317. The molecule has 0 aromatic heterocycles. The van der Waals surface area contributed by atoms with Crippen molar-refractivity contribution in [3.63, 3.8) is 0 Å². The Balaban J connectivity index is 2.77. The topological polar surface area (TPSA) is 37.3 Å². The first-order chi connectivity index (χ1) is 7.04. The van der Waals surface area contributed by atoms with Gasteiger partial charge in [0.2, 0.25) is 0 Å². The second-order valence-corrected chi connectivity index (χ2v) is 4.20. The highest BCUT2D eigenvalue weighted by Gasteiger charge is 2.24. The molecular formula is C13H18O2. The number of rotatable bonds is 4. The average molecular weight is 206 g/mol. The number of Topliss-reactive ketones (excluding diaryl/α,β-unsaturated/α-hetero) is 1. The summed E-state index contributed by atoms with van der Waals surface area (Å²) in [4.78, 5) is 11.7. The molecule has 0 saturated carbocycles. The van der Waals surface area contributed by atoms with Crippen LogP contribution in [0.1, 0.15) is 32.4 Å². The van der Waals surface area contributed by atoms with Gasteiger partial charge in [-0.05, 0) is 5.56 Å². The van der Waals surface area contributed by atoms with Gasteiger partial charge in [-0.2, -0.15) is 0 Å². The molecule has 0 aliphatic carbocycles. The van der Waals surface area contributed by atoms with E-state index in [1.807, 2.05) is 44.2 Å². The van der Waals surface area contributed by atoms with Crippen molar-refractivity contribution < 1.29 is 9.90 Å². The van der Waals surface area contributed by atoms with E-state index in [0.717, 1.165) is 5.56 Å². The first kappa shape index (κ1) is 11.9. The monoisotopic (exact) mass is 206 g/mol. The molecule has 82 valence electrons. The number of ketones is 1. The summed E-state index contributed by atoms with van der Waals surface area (Å²) in [6, 6.07) is 9.31. The maximum Gasteiger partial charge on any atom is 0.141 e. The largest absolute Gasteiger partial charge is 0.388 e. The van der Waals surface area contributed by atoms with Crippen LogP contribution in [0.5, 0.6) is 0 Å². The van der Waals surface area contributed by atoms with Crippen LogP contribution in [0.25, 0.3) is 0 Å². The molecule has 2 atom stereocenters. The van der Waals surface area contributed by atoms with Gasteiger partial charge in [-0.1, -0.05) is 51.1 Å². The molecule has 0 unspecified atom stereocenters. The summed E-state index contributed by atoms with van der Waals surface area (Å²) in [7, 11) is 0. The fourth-order valence-corrected chi connectivity index (χ4v) is 1.62. The number of benzene rings is 1. The number of aliphatic hydroxyl groups excluding tert-OH is 1. The highest BCUT2D eigenvalue weighted by Crippen LogP contribution is 2.24. The maximum absolute atomic E-state index is 11.7. The Morgan fingerprint density at radius 1 is 1.13 bits per heavy atom. The van der Waals surface area contributed by atoms with Gasteiger partial charge in [0.25, 0.3) is 0 Å². The maximum atomic E-state index is 11.7. The van der Waals surface area contributed by atoms with Crippen LogP contribution in [-0.2, 0) is 4.79 Å². The minimum absolute atomic E-state index is 0.0293.